The molecule has 0 spiro atoms. The van der Waals surface area contributed by atoms with Crippen LogP contribution in [0.2, 0.25) is 0 Å². The van der Waals surface area contributed by atoms with Gasteiger partial charge in [-0.05, 0) is 42.4 Å². The fraction of sp³-hybridized carbons (Fsp3) is 0.759. The first kappa shape index (κ1) is 27.7. The maximum absolute atomic E-state index is 12.8. The van der Waals surface area contributed by atoms with Gasteiger partial charge in [-0.25, -0.2) is 0 Å². The molecule has 1 amide bonds. The Balaban J connectivity index is 1.79. The first-order valence-corrected chi connectivity index (χ1v) is 13.7. The van der Waals surface area contributed by atoms with E-state index in [1.54, 1.807) is 0 Å². The Bertz CT molecular complexity index is 688. The zero-order chi connectivity index (χ0) is 24.1. The zero-order valence-electron chi connectivity index (χ0n) is 21.9. The summed E-state index contributed by atoms with van der Waals surface area (Å²) in [5.41, 5.74) is 3.72. The fourth-order valence-electron chi connectivity index (χ4n) is 5.22. The third-order valence-corrected chi connectivity index (χ3v) is 7.20. The number of hydrogen-bond acceptors (Lipinski definition) is 3. The van der Waals surface area contributed by atoms with Crippen LogP contribution in [-0.2, 0) is 17.6 Å². The van der Waals surface area contributed by atoms with Crippen LogP contribution in [0.5, 0.6) is 0 Å². The van der Waals surface area contributed by atoms with E-state index in [1.807, 2.05) is 7.05 Å². The summed E-state index contributed by atoms with van der Waals surface area (Å²) in [7, 11) is 2.04. The standard InChI is InChI=1S/C29H50N2O2/c1-5-6-7-8-9-10-11-12-13-14-15-16-17-24-18-19-25-21-26(22-32)30-29(33)28(23(2)3)31(4)27(25)20-24/h18-20,23,26,28,32H,5-17,21-22H2,1-4H3,(H,30,33)/t26-,28-/m0/s1. The van der Waals surface area contributed by atoms with E-state index in [2.05, 4.69) is 49.2 Å². The second-order valence-electron chi connectivity index (χ2n) is 10.5. The Morgan fingerprint density at radius 1 is 0.970 bits per heavy atom. The minimum Gasteiger partial charge on any atom is -0.394 e. The molecule has 0 bridgehead atoms. The smallest absolute Gasteiger partial charge is 0.243 e. The summed E-state index contributed by atoms with van der Waals surface area (Å²) in [6, 6.07) is 6.30. The molecule has 2 atom stereocenters. The average Bonchev–Trinajstić information content (AvgIpc) is 2.79. The van der Waals surface area contributed by atoms with Crippen molar-refractivity contribution in [2.45, 2.75) is 123 Å². The number of aliphatic hydroxyl groups excluding tert-OH is 1. The van der Waals surface area contributed by atoms with Crippen molar-refractivity contribution >= 4 is 11.6 Å². The highest BCUT2D eigenvalue weighted by molar-refractivity contribution is 5.86. The lowest BCUT2D eigenvalue weighted by atomic mass is 9.93. The van der Waals surface area contributed by atoms with Crippen LogP contribution in [0.25, 0.3) is 0 Å². The summed E-state index contributed by atoms with van der Waals surface area (Å²) in [4.78, 5) is 15.0. The molecule has 1 heterocycles. The predicted molar refractivity (Wildman–Crippen MR) is 141 cm³/mol. The molecule has 2 N–H and O–H groups in total. The molecule has 2 rings (SSSR count). The molecule has 0 saturated heterocycles. The van der Waals surface area contributed by atoms with Gasteiger partial charge in [0.15, 0.2) is 0 Å². The highest BCUT2D eigenvalue weighted by atomic mass is 16.3. The number of carbonyl (C=O) groups is 1. The molecule has 0 radical (unpaired) electrons. The number of benzene rings is 1. The highest BCUT2D eigenvalue weighted by Gasteiger charge is 2.32. The van der Waals surface area contributed by atoms with Crippen molar-refractivity contribution in [1.82, 2.24) is 5.32 Å². The van der Waals surface area contributed by atoms with Gasteiger partial charge in [0.2, 0.25) is 5.91 Å². The Kier molecular flexibility index (Phi) is 12.9. The van der Waals surface area contributed by atoms with Gasteiger partial charge in [0.1, 0.15) is 6.04 Å². The van der Waals surface area contributed by atoms with Gasteiger partial charge >= 0.3 is 0 Å². The second kappa shape index (κ2) is 15.4. The lowest BCUT2D eigenvalue weighted by Gasteiger charge is -2.37. The number of nitrogens with one attached hydrogen (secondary N) is 1. The summed E-state index contributed by atoms with van der Waals surface area (Å²) < 4.78 is 0. The second-order valence-corrected chi connectivity index (χ2v) is 10.5. The number of hydrogen-bond donors (Lipinski definition) is 2. The molecule has 0 aliphatic carbocycles. The van der Waals surface area contributed by atoms with E-state index in [0.29, 0.717) is 6.42 Å². The summed E-state index contributed by atoms with van der Waals surface area (Å²) in [6.07, 6.45) is 18.2. The van der Waals surface area contributed by atoms with Gasteiger partial charge < -0.3 is 15.3 Å². The van der Waals surface area contributed by atoms with Crippen molar-refractivity contribution in [3.63, 3.8) is 0 Å². The monoisotopic (exact) mass is 458 g/mol. The number of aryl methyl sites for hydroxylation is 1. The van der Waals surface area contributed by atoms with Gasteiger partial charge in [-0.1, -0.05) is 104 Å². The Hall–Kier alpha value is -1.55. The van der Waals surface area contributed by atoms with Gasteiger partial charge in [-0.15, -0.1) is 0 Å². The zero-order valence-corrected chi connectivity index (χ0v) is 21.9. The molecule has 0 aromatic heterocycles. The van der Waals surface area contributed by atoms with Crippen molar-refractivity contribution < 1.29 is 9.90 Å². The molecule has 188 valence electrons. The molecule has 1 aromatic carbocycles. The number of aliphatic hydroxyl groups is 1. The van der Waals surface area contributed by atoms with Crippen molar-refractivity contribution in [3.05, 3.63) is 29.3 Å². The minimum atomic E-state index is -0.222. The highest BCUT2D eigenvalue weighted by Crippen LogP contribution is 2.29. The van der Waals surface area contributed by atoms with Crippen LogP contribution >= 0.6 is 0 Å². The number of rotatable bonds is 15. The van der Waals surface area contributed by atoms with E-state index in [1.165, 1.54) is 88.2 Å². The molecular formula is C29H50N2O2. The van der Waals surface area contributed by atoms with Gasteiger partial charge in [0.25, 0.3) is 0 Å². The lowest BCUT2D eigenvalue weighted by molar-refractivity contribution is -0.124. The molecular weight excluding hydrogens is 408 g/mol. The fourth-order valence-corrected chi connectivity index (χ4v) is 5.22. The number of unbranched alkanes of at least 4 members (excludes halogenated alkanes) is 11. The summed E-state index contributed by atoms with van der Waals surface area (Å²) >= 11 is 0. The number of carbonyl (C=O) groups excluding carboxylic acids is 1. The van der Waals surface area contributed by atoms with E-state index >= 15 is 0 Å². The normalized spacial score (nSPS) is 18.7. The third-order valence-electron chi connectivity index (χ3n) is 7.20. The molecule has 0 unspecified atom stereocenters. The average molecular weight is 459 g/mol. The quantitative estimate of drug-likeness (QED) is 0.298. The van der Waals surface area contributed by atoms with Crippen LogP contribution in [0, 0.1) is 5.92 Å². The lowest BCUT2D eigenvalue weighted by Crippen LogP contribution is -2.54. The van der Waals surface area contributed by atoms with E-state index in [0.717, 1.165) is 12.1 Å². The van der Waals surface area contributed by atoms with E-state index in [4.69, 9.17) is 0 Å². The predicted octanol–water partition coefficient (Wildman–Crippen LogP) is 6.42. The molecule has 4 nitrogen and oxygen atoms in total. The Morgan fingerprint density at radius 2 is 1.55 bits per heavy atom. The van der Waals surface area contributed by atoms with Crippen molar-refractivity contribution in [3.8, 4) is 0 Å². The third kappa shape index (κ3) is 9.31. The number of likely N-dealkylation sites (N-methyl/N-ethyl adjacent to an activating group) is 1. The number of fused-ring (bicyclic) bond motifs is 1. The maximum Gasteiger partial charge on any atom is 0.243 e. The molecule has 33 heavy (non-hydrogen) atoms. The van der Waals surface area contributed by atoms with Crippen LogP contribution in [0.4, 0.5) is 5.69 Å². The minimum absolute atomic E-state index is 0.0172. The van der Waals surface area contributed by atoms with Gasteiger partial charge in [0, 0.05) is 12.7 Å². The summed E-state index contributed by atoms with van der Waals surface area (Å²) in [5, 5.41) is 12.8. The number of amides is 1. The SMILES string of the molecule is CCCCCCCCCCCCCCc1ccc2c(c1)N(C)[C@@H](C(C)C)C(=O)N[C@H](CO)C2. The number of anilines is 1. The van der Waals surface area contributed by atoms with Gasteiger partial charge in [-0.3, -0.25) is 4.79 Å². The summed E-state index contributed by atoms with van der Waals surface area (Å²) in [5.74, 6) is 0.212. The molecule has 4 heteroatoms. The first-order chi connectivity index (χ1) is 16.0. The molecule has 0 fully saturated rings. The largest absolute Gasteiger partial charge is 0.394 e. The van der Waals surface area contributed by atoms with E-state index in [9.17, 15) is 9.90 Å². The molecule has 1 aliphatic heterocycles. The van der Waals surface area contributed by atoms with Crippen molar-refractivity contribution in [2.75, 3.05) is 18.6 Å². The van der Waals surface area contributed by atoms with Crippen LogP contribution in [0.3, 0.4) is 0 Å². The molecule has 1 aliphatic rings. The summed E-state index contributed by atoms with van der Waals surface area (Å²) in [6.45, 7) is 6.43. The molecule has 0 saturated carbocycles. The topological polar surface area (TPSA) is 52.6 Å². The van der Waals surface area contributed by atoms with Gasteiger partial charge in [-0.2, -0.15) is 0 Å². The van der Waals surface area contributed by atoms with Crippen LogP contribution in [-0.4, -0.2) is 36.8 Å². The van der Waals surface area contributed by atoms with Crippen molar-refractivity contribution in [1.29, 1.82) is 0 Å². The van der Waals surface area contributed by atoms with Crippen LogP contribution < -0.4 is 10.2 Å². The van der Waals surface area contributed by atoms with E-state index < -0.39 is 0 Å². The Morgan fingerprint density at radius 3 is 2.09 bits per heavy atom. The molecule has 1 aromatic rings. The first-order valence-electron chi connectivity index (χ1n) is 13.7. The number of nitrogens with zero attached hydrogens (tertiary/aromatic N) is 1. The Labute approximate surface area is 203 Å². The maximum atomic E-state index is 12.8. The van der Waals surface area contributed by atoms with Gasteiger partial charge in [0.05, 0.1) is 12.6 Å². The van der Waals surface area contributed by atoms with E-state index in [-0.39, 0.29) is 30.5 Å². The van der Waals surface area contributed by atoms with Crippen LogP contribution in [0.15, 0.2) is 18.2 Å². The van der Waals surface area contributed by atoms with Crippen LogP contribution in [0.1, 0.15) is 109 Å². The van der Waals surface area contributed by atoms with Crippen molar-refractivity contribution in [2.24, 2.45) is 5.92 Å².